The molecule has 2 fully saturated rings. The van der Waals surface area contributed by atoms with Crippen molar-refractivity contribution < 1.29 is 37.0 Å². The molecule has 5 rings (SSSR count). The van der Waals surface area contributed by atoms with Crippen LogP contribution >= 0.6 is 11.6 Å². The van der Waals surface area contributed by atoms with Crippen molar-refractivity contribution in [3.05, 3.63) is 47.3 Å². The van der Waals surface area contributed by atoms with Crippen molar-refractivity contribution in [1.29, 1.82) is 0 Å². The molecule has 0 radical (unpaired) electrons. The van der Waals surface area contributed by atoms with Gasteiger partial charge in [-0.05, 0) is 32.1 Å². The van der Waals surface area contributed by atoms with Crippen LogP contribution in [0, 0.1) is 5.82 Å². The minimum atomic E-state index is -4.57. The highest BCUT2D eigenvalue weighted by Gasteiger charge is 2.48. The molecule has 0 unspecified atom stereocenters. The summed E-state index contributed by atoms with van der Waals surface area (Å²) in [5, 5.41) is 10.3. The monoisotopic (exact) mass is 597 g/mol. The van der Waals surface area contributed by atoms with Crippen LogP contribution in [0.5, 0.6) is 11.5 Å². The molecular formula is C27H28ClF4N5O4. The normalized spacial score (nSPS) is 23.4. The number of halogens is 5. The van der Waals surface area contributed by atoms with Gasteiger partial charge in [0.05, 0.1) is 11.6 Å². The average Bonchev–Trinajstić information content (AvgIpc) is 3.07. The lowest BCUT2D eigenvalue weighted by molar-refractivity contribution is -0.261. The minimum absolute atomic E-state index is 0.0292. The van der Waals surface area contributed by atoms with Gasteiger partial charge < -0.3 is 24.5 Å². The molecule has 14 heteroatoms. The molecule has 1 aromatic carbocycles. The number of phenols is 1. The Labute approximate surface area is 238 Å². The van der Waals surface area contributed by atoms with Gasteiger partial charge in [0.1, 0.15) is 40.3 Å². The van der Waals surface area contributed by atoms with Gasteiger partial charge in [-0.15, -0.1) is 0 Å². The van der Waals surface area contributed by atoms with Crippen LogP contribution in [0.1, 0.15) is 24.2 Å². The van der Waals surface area contributed by atoms with Crippen molar-refractivity contribution >= 4 is 29.2 Å². The highest BCUT2D eigenvalue weighted by Crippen LogP contribution is 2.47. The number of fused-ring (bicyclic) bond motifs is 2. The molecule has 1 N–H and O–H groups in total. The van der Waals surface area contributed by atoms with E-state index in [1.54, 1.807) is 11.8 Å². The maximum Gasteiger partial charge on any atom is 0.460 e. The number of phenolic OH excluding ortho intramolecular Hbond substituents is 1. The third-order valence-corrected chi connectivity index (χ3v) is 8.38. The van der Waals surface area contributed by atoms with E-state index < -0.39 is 48.4 Å². The van der Waals surface area contributed by atoms with Crippen LogP contribution < -0.4 is 9.64 Å². The van der Waals surface area contributed by atoms with Gasteiger partial charge in [-0.3, -0.25) is 9.59 Å². The number of anilines is 1. The first-order valence-corrected chi connectivity index (χ1v) is 13.4. The molecule has 0 aliphatic carbocycles. The number of hydrogen-bond acceptors (Lipinski definition) is 7. The summed E-state index contributed by atoms with van der Waals surface area (Å²) in [6, 6.07) is 1.25. The Morgan fingerprint density at radius 2 is 1.85 bits per heavy atom. The predicted octanol–water partition coefficient (Wildman–Crippen LogP) is 3.90. The van der Waals surface area contributed by atoms with Crippen molar-refractivity contribution in [2.24, 2.45) is 0 Å². The topological polar surface area (TPSA) is 89.5 Å². The average molecular weight is 598 g/mol. The number of rotatable bonds is 3. The Balaban J connectivity index is 1.66. The Kier molecular flexibility index (Phi) is 7.53. The summed E-state index contributed by atoms with van der Waals surface area (Å²) in [5.41, 5.74) is -0.623. The molecule has 0 spiro atoms. The second kappa shape index (κ2) is 10.7. The van der Waals surface area contributed by atoms with Crippen LogP contribution in [0.4, 0.5) is 23.4 Å². The van der Waals surface area contributed by atoms with Crippen LogP contribution in [-0.4, -0.2) is 100 Å². The van der Waals surface area contributed by atoms with Gasteiger partial charge in [-0.1, -0.05) is 24.2 Å². The summed E-state index contributed by atoms with van der Waals surface area (Å²) in [4.78, 5) is 35.9. The summed E-state index contributed by atoms with van der Waals surface area (Å²) in [6.07, 6.45) is -3.39. The molecule has 1 aromatic heterocycles. The maximum atomic E-state index is 15.0. The Hall–Kier alpha value is -3.58. The number of ether oxygens (including phenoxy) is 1. The Morgan fingerprint density at radius 3 is 2.51 bits per heavy atom. The fourth-order valence-corrected chi connectivity index (χ4v) is 5.98. The highest BCUT2D eigenvalue weighted by molar-refractivity contribution is 6.35. The molecule has 2 saturated heterocycles. The van der Waals surface area contributed by atoms with E-state index in [4.69, 9.17) is 16.3 Å². The third-order valence-electron chi connectivity index (χ3n) is 8.03. The summed E-state index contributed by atoms with van der Waals surface area (Å²) in [5.74, 6) is -2.29. The molecule has 220 valence electrons. The summed E-state index contributed by atoms with van der Waals surface area (Å²) in [7, 11) is 0. The van der Waals surface area contributed by atoms with Crippen LogP contribution in [0.3, 0.4) is 0 Å². The van der Waals surface area contributed by atoms with Crippen LogP contribution in [0.25, 0.3) is 11.3 Å². The standard InChI is InChI=1S/C27H28ClF4N5O4/c1-4-19(39)34-8-9-36-16(12-34)13-41-24-21(26(36)40)25(35-10-11-37(27(30,31)32)15(3)14(35)2)33-23(22(24)28)20-17(29)6-5-7-18(20)38/h4-7,14-16,38H,1,8-13H2,2-3H3/t14-,15+,16+/m0/s1. The van der Waals surface area contributed by atoms with E-state index >= 15 is 4.39 Å². The lowest BCUT2D eigenvalue weighted by Crippen LogP contribution is -2.62. The number of carbonyl (C=O) groups excluding carboxylic acids is 2. The number of alkyl halides is 3. The van der Waals surface area contributed by atoms with E-state index in [0.29, 0.717) is 4.90 Å². The molecule has 0 bridgehead atoms. The molecule has 41 heavy (non-hydrogen) atoms. The van der Waals surface area contributed by atoms with Crippen molar-refractivity contribution in [1.82, 2.24) is 19.7 Å². The first-order valence-electron chi connectivity index (χ1n) is 13.0. The zero-order valence-corrected chi connectivity index (χ0v) is 23.0. The van der Waals surface area contributed by atoms with Crippen LogP contribution in [0.15, 0.2) is 30.9 Å². The SMILES string of the molecule is C=CC(=O)N1CCN2C(=O)c3c(N4CCN(C(F)(F)F)[C@H](C)[C@@H]4C)nc(-c4c(O)cccc4F)c(Cl)c3OC[C@H]2C1. The van der Waals surface area contributed by atoms with Crippen molar-refractivity contribution in [2.45, 2.75) is 38.3 Å². The van der Waals surface area contributed by atoms with Crippen LogP contribution in [-0.2, 0) is 4.79 Å². The summed E-state index contributed by atoms with van der Waals surface area (Å²) >= 11 is 6.71. The van der Waals surface area contributed by atoms with E-state index in [9.17, 15) is 27.9 Å². The number of carbonyl (C=O) groups is 2. The third kappa shape index (κ3) is 4.94. The summed E-state index contributed by atoms with van der Waals surface area (Å²) in [6.45, 7) is 6.42. The van der Waals surface area contributed by atoms with Gasteiger partial charge in [-0.2, -0.15) is 13.2 Å². The van der Waals surface area contributed by atoms with Gasteiger partial charge in [0.15, 0.2) is 5.75 Å². The minimum Gasteiger partial charge on any atom is -0.507 e. The van der Waals surface area contributed by atoms with Crippen molar-refractivity contribution in [2.75, 3.05) is 44.2 Å². The predicted molar refractivity (Wildman–Crippen MR) is 142 cm³/mol. The number of pyridine rings is 1. The number of amides is 2. The van der Waals surface area contributed by atoms with E-state index in [0.717, 1.165) is 6.07 Å². The fourth-order valence-electron chi connectivity index (χ4n) is 5.70. The van der Waals surface area contributed by atoms with Crippen LogP contribution in [0.2, 0.25) is 5.02 Å². The molecule has 0 saturated carbocycles. The molecule has 2 amide bonds. The van der Waals surface area contributed by atoms with Crippen molar-refractivity contribution in [3.8, 4) is 22.8 Å². The van der Waals surface area contributed by atoms with E-state index in [-0.39, 0.29) is 72.1 Å². The zero-order valence-electron chi connectivity index (χ0n) is 22.3. The fraction of sp³-hybridized carbons (Fsp3) is 0.444. The number of piperazine rings is 2. The number of aromatic nitrogens is 1. The Bertz CT molecular complexity index is 1390. The number of aromatic hydroxyl groups is 1. The van der Waals surface area contributed by atoms with E-state index in [1.165, 1.54) is 34.9 Å². The number of hydrogen-bond donors (Lipinski definition) is 1. The smallest absolute Gasteiger partial charge is 0.460 e. The molecule has 9 nitrogen and oxygen atoms in total. The second-order valence-corrected chi connectivity index (χ2v) is 10.6. The van der Waals surface area contributed by atoms with Gasteiger partial charge in [0.25, 0.3) is 5.91 Å². The Morgan fingerprint density at radius 1 is 1.15 bits per heavy atom. The molecule has 4 heterocycles. The molecule has 3 aliphatic heterocycles. The zero-order chi connectivity index (χ0) is 29.8. The first kappa shape index (κ1) is 28.9. The quantitative estimate of drug-likeness (QED) is 0.326. The molecule has 3 atom stereocenters. The van der Waals surface area contributed by atoms with Gasteiger partial charge in [0, 0.05) is 44.8 Å². The molecule has 3 aliphatic rings. The number of nitrogens with zero attached hydrogens (tertiary/aromatic N) is 5. The number of benzene rings is 1. The molecular weight excluding hydrogens is 570 g/mol. The lowest BCUT2D eigenvalue weighted by atomic mass is 10.0. The second-order valence-electron chi connectivity index (χ2n) is 10.2. The first-order chi connectivity index (χ1) is 19.3. The van der Waals surface area contributed by atoms with E-state index in [1.807, 2.05) is 0 Å². The summed E-state index contributed by atoms with van der Waals surface area (Å²) < 4.78 is 62.2. The molecule has 2 aromatic rings. The van der Waals surface area contributed by atoms with Gasteiger partial charge >= 0.3 is 6.30 Å². The largest absolute Gasteiger partial charge is 0.507 e. The lowest BCUT2D eigenvalue weighted by Gasteiger charge is -2.46. The van der Waals surface area contributed by atoms with Crippen molar-refractivity contribution in [3.63, 3.8) is 0 Å². The highest BCUT2D eigenvalue weighted by atomic mass is 35.5. The van der Waals surface area contributed by atoms with Gasteiger partial charge in [-0.25, -0.2) is 14.3 Å². The van der Waals surface area contributed by atoms with E-state index in [2.05, 4.69) is 11.6 Å². The maximum absolute atomic E-state index is 15.0. The van der Waals surface area contributed by atoms with Gasteiger partial charge in [0.2, 0.25) is 5.91 Å².